The van der Waals surface area contributed by atoms with Crippen molar-refractivity contribution in [2.24, 2.45) is 0 Å². The summed E-state index contributed by atoms with van der Waals surface area (Å²) in [7, 11) is 0. The van der Waals surface area contributed by atoms with Crippen LogP contribution in [0.4, 0.5) is 0 Å². The van der Waals surface area contributed by atoms with Gasteiger partial charge >= 0.3 is 90.0 Å². The van der Waals surface area contributed by atoms with E-state index < -0.39 is 0 Å². The minimum absolute atomic E-state index is 0. The largest absolute Gasteiger partial charge is 2.00 e. The van der Waals surface area contributed by atoms with Crippen LogP contribution < -0.4 is 49.6 Å². The van der Waals surface area contributed by atoms with Gasteiger partial charge in [0.2, 0.25) is 0 Å². The van der Waals surface area contributed by atoms with E-state index in [9.17, 15) is 0 Å². The molecule has 0 aliphatic heterocycles. The van der Waals surface area contributed by atoms with E-state index in [0.717, 1.165) is 0 Å². The van der Waals surface area contributed by atoms with Crippen molar-refractivity contribution in [3.63, 3.8) is 0 Å². The zero-order valence-electron chi connectivity index (χ0n) is 2.93. The van der Waals surface area contributed by atoms with Gasteiger partial charge < -0.3 is 49.6 Å². The Hall–Kier alpha value is 4.10. The van der Waals surface area contributed by atoms with E-state index in [1.54, 1.807) is 0 Å². The molecule has 6 heavy (non-hydrogen) atoms. The molecule has 0 aromatic carbocycles. The van der Waals surface area contributed by atoms with E-state index >= 15 is 0 Å². The van der Waals surface area contributed by atoms with Crippen LogP contribution in [0.15, 0.2) is 0 Å². The van der Waals surface area contributed by atoms with E-state index in [1.165, 1.54) is 0 Å². The maximum Gasteiger partial charge on any atom is 2.00 e. The van der Waals surface area contributed by atoms with E-state index in [-0.39, 0.29) is 140 Å². The Morgan fingerprint density at radius 1 is 0.333 bits per heavy atom. The molecular weight excluding hydrogens is 594 g/mol. The molecule has 32 valence electrons. The molecule has 0 bridgehead atoms. The summed E-state index contributed by atoms with van der Waals surface area (Å²) in [6.07, 6.45) is 0. The molecule has 0 aliphatic rings. The Kier molecular flexibility index (Phi) is 295. The summed E-state index contributed by atoms with van der Waals surface area (Å²) < 4.78 is 0. The molecule has 0 fully saturated rings. The van der Waals surface area contributed by atoms with Gasteiger partial charge in [-0.3, -0.25) is 0 Å². The molecule has 0 atom stereocenters. The molecule has 0 N–H and O–H groups in total. The van der Waals surface area contributed by atoms with Crippen molar-refractivity contribution < 1.29 is 140 Å². The fourth-order valence-corrected chi connectivity index (χ4v) is 0. The summed E-state index contributed by atoms with van der Waals surface area (Å²) in [6.45, 7) is 0. The van der Waals surface area contributed by atoms with Crippen LogP contribution in [0, 0.1) is 90.0 Å². The fourth-order valence-electron chi connectivity index (χ4n) is 0. The van der Waals surface area contributed by atoms with Gasteiger partial charge in [-0.15, -0.1) is 0 Å². The van der Waals surface area contributed by atoms with Crippen molar-refractivity contribution in [2.45, 2.75) is 0 Å². The van der Waals surface area contributed by atoms with Gasteiger partial charge in [0.1, 0.15) is 0 Å². The molecule has 0 rings (SSSR count). The summed E-state index contributed by atoms with van der Waals surface area (Å²) in [5, 5.41) is 0. The van der Waals surface area contributed by atoms with E-state index in [4.69, 9.17) is 0 Å². The van der Waals surface area contributed by atoms with Crippen molar-refractivity contribution >= 4 is 0 Å². The number of rotatable bonds is 0. The molecule has 0 unspecified atom stereocenters. The van der Waals surface area contributed by atoms with Crippen LogP contribution >= 0.6 is 0 Å². The first-order chi connectivity index (χ1) is 0. The maximum atomic E-state index is 0. The molecule has 0 aromatic rings. The second-order valence-corrected chi connectivity index (χ2v) is 0. The zero-order chi connectivity index (χ0) is 0. The van der Waals surface area contributed by atoms with Crippen LogP contribution in [0.1, 0.15) is 0 Å². The summed E-state index contributed by atoms with van der Waals surface area (Å²) in [4.78, 5) is 0. The molecule has 6 heteroatoms. The molecule has 0 amide bonds. The van der Waals surface area contributed by atoms with E-state index in [1.807, 2.05) is 0 Å². The third-order valence-corrected chi connectivity index (χ3v) is 0. The molecule has 0 aromatic heterocycles. The quantitative estimate of drug-likeness (QED) is 0.262. The second-order valence-electron chi connectivity index (χ2n) is 0. The van der Waals surface area contributed by atoms with E-state index in [0.29, 0.717) is 0 Å². The van der Waals surface area contributed by atoms with Gasteiger partial charge in [0.05, 0.1) is 0 Å². The third-order valence-electron chi connectivity index (χ3n) is 0. The number of hydrogen-bond acceptors (Lipinski definition) is 0. The van der Waals surface area contributed by atoms with Crippen LogP contribution in [-0.4, -0.2) is 0 Å². The SMILES string of the molecule is [Cl-].[Cl-].[Cl-].[Cl-].[Ra+2].[Ra+2]. The predicted molar refractivity (Wildman–Crippen MR) is 0 cm³/mol. The first kappa shape index (κ1) is 49.8. The second kappa shape index (κ2) is 35.5. The molecule has 0 radical (unpaired) electrons. The van der Waals surface area contributed by atoms with Gasteiger partial charge in [0.25, 0.3) is 0 Å². The molecular formula is Cl4Ra2. The minimum Gasteiger partial charge on any atom is -1.00 e. The number of hydrogen-bond donors (Lipinski definition) is 0. The Labute approximate surface area is 136 Å². The van der Waals surface area contributed by atoms with Crippen molar-refractivity contribution in [1.82, 2.24) is 0 Å². The Morgan fingerprint density at radius 2 is 0.333 bits per heavy atom. The first-order valence-corrected chi connectivity index (χ1v) is 0. The smallest absolute Gasteiger partial charge is 1.00 e. The standard InChI is InChI=1S/4ClH.2Ra/h4*1H;;/q;;;;2*+2/p-4. The molecule has 0 saturated carbocycles. The summed E-state index contributed by atoms with van der Waals surface area (Å²) in [6, 6.07) is 0. The normalized spacial score (nSPS) is 0. The van der Waals surface area contributed by atoms with Crippen LogP contribution in [0.25, 0.3) is 0 Å². The molecule has 0 aliphatic carbocycles. The average molecular weight is 594 g/mol. The van der Waals surface area contributed by atoms with Crippen LogP contribution in [0.5, 0.6) is 0 Å². The molecule has 0 nitrogen and oxygen atoms in total. The summed E-state index contributed by atoms with van der Waals surface area (Å²) >= 11 is 0. The molecule has 0 saturated heterocycles. The van der Waals surface area contributed by atoms with E-state index in [2.05, 4.69) is 0 Å². The van der Waals surface area contributed by atoms with Crippen LogP contribution in [0.2, 0.25) is 0 Å². The Bertz CT molecular complexity index is 5.51. The van der Waals surface area contributed by atoms with Gasteiger partial charge in [0, 0.05) is 0 Å². The zero-order valence-corrected chi connectivity index (χ0v) is 17.6. The third kappa shape index (κ3) is 24.3. The van der Waals surface area contributed by atoms with Crippen molar-refractivity contribution in [3.8, 4) is 0 Å². The van der Waals surface area contributed by atoms with Crippen LogP contribution in [0.3, 0.4) is 0 Å². The monoisotopic (exact) mass is 592 g/mol. The number of halogens is 4. The van der Waals surface area contributed by atoms with Crippen molar-refractivity contribution in [3.05, 3.63) is 0 Å². The van der Waals surface area contributed by atoms with Gasteiger partial charge in [-0.05, 0) is 0 Å². The van der Waals surface area contributed by atoms with Gasteiger partial charge in [-0.25, -0.2) is 0 Å². The van der Waals surface area contributed by atoms with Gasteiger partial charge in [-0.2, -0.15) is 0 Å². The topological polar surface area (TPSA) is 0 Å². The summed E-state index contributed by atoms with van der Waals surface area (Å²) in [5.41, 5.74) is 0. The predicted octanol–water partition coefficient (Wildman–Crippen LogP) is -12.0. The van der Waals surface area contributed by atoms with Gasteiger partial charge in [-0.1, -0.05) is 0 Å². The Balaban J connectivity index is 0. The first-order valence-electron chi connectivity index (χ1n) is 0. The minimum atomic E-state index is 0. The Morgan fingerprint density at radius 3 is 0.333 bits per heavy atom. The fraction of sp³-hybridized carbons (Fsp3) is 0. The summed E-state index contributed by atoms with van der Waals surface area (Å²) in [5.74, 6) is 0. The van der Waals surface area contributed by atoms with Crippen molar-refractivity contribution in [1.29, 1.82) is 0 Å². The maximum absolute atomic E-state index is 0. The molecule has 0 heterocycles. The van der Waals surface area contributed by atoms with Crippen LogP contribution in [-0.2, 0) is 0 Å². The molecule has 0 spiro atoms. The average Bonchev–Trinajstić information content (AvgIpc) is 0. The van der Waals surface area contributed by atoms with Crippen molar-refractivity contribution in [2.75, 3.05) is 0 Å². The van der Waals surface area contributed by atoms with Gasteiger partial charge in [0.15, 0.2) is 0 Å².